The van der Waals surface area contributed by atoms with Gasteiger partial charge in [-0.05, 0) is 55.2 Å². The van der Waals surface area contributed by atoms with Crippen molar-refractivity contribution in [3.05, 3.63) is 29.3 Å². The molecule has 0 radical (unpaired) electrons. The van der Waals surface area contributed by atoms with Gasteiger partial charge < -0.3 is 5.32 Å². The van der Waals surface area contributed by atoms with Crippen LogP contribution in [0.5, 0.6) is 0 Å². The fourth-order valence-electron chi connectivity index (χ4n) is 3.13. The highest BCUT2D eigenvalue weighted by molar-refractivity contribution is 8.00. The molecule has 1 atom stereocenters. The molecule has 0 saturated heterocycles. The van der Waals surface area contributed by atoms with Gasteiger partial charge in [0.2, 0.25) is 11.1 Å². The number of nitrogens with zero attached hydrogens (tertiary/aromatic N) is 4. The topological polar surface area (TPSA) is 72.7 Å². The van der Waals surface area contributed by atoms with Gasteiger partial charge in [0.15, 0.2) is 0 Å². The average Bonchev–Trinajstić information content (AvgIpc) is 3.19. The van der Waals surface area contributed by atoms with Crippen LogP contribution >= 0.6 is 11.8 Å². The predicted molar refractivity (Wildman–Crippen MR) is 94.3 cm³/mol. The summed E-state index contributed by atoms with van der Waals surface area (Å²) in [5, 5.41) is 15.6. The number of benzene rings is 1. The summed E-state index contributed by atoms with van der Waals surface area (Å²) in [6.07, 6.45) is 4.58. The molecule has 0 spiro atoms. The van der Waals surface area contributed by atoms with Crippen molar-refractivity contribution in [2.45, 2.75) is 62.9 Å². The van der Waals surface area contributed by atoms with Crippen LogP contribution in [0.15, 0.2) is 23.4 Å². The smallest absolute Gasteiger partial charge is 0.233 e. The lowest BCUT2D eigenvalue weighted by atomic mass is 10.1. The number of tetrazole rings is 1. The lowest BCUT2D eigenvalue weighted by Crippen LogP contribution is -2.37. The molecule has 1 unspecified atom stereocenters. The number of para-hydroxylation sites is 1. The Morgan fingerprint density at radius 1 is 1.29 bits per heavy atom. The van der Waals surface area contributed by atoms with E-state index in [0.717, 1.165) is 29.7 Å². The molecule has 3 rings (SSSR count). The summed E-state index contributed by atoms with van der Waals surface area (Å²) >= 11 is 1.40. The highest BCUT2D eigenvalue weighted by atomic mass is 32.2. The molecule has 1 aliphatic rings. The van der Waals surface area contributed by atoms with Gasteiger partial charge in [0.1, 0.15) is 0 Å². The zero-order valence-electron chi connectivity index (χ0n) is 14.3. The number of aryl methyl sites for hydroxylation is 2. The van der Waals surface area contributed by atoms with Gasteiger partial charge in [0, 0.05) is 6.04 Å². The number of hydrogen-bond donors (Lipinski definition) is 1. The number of aromatic nitrogens is 4. The molecule has 1 N–H and O–H groups in total. The summed E-state index contributed by atoms with van der Waals surface area (Å²) in [5.74, 6) is 0.0583. The van der Waals surface area contributed by atoms with Gasteiger partial charge in [-0.25, -0.2) is 0 Å². The fraction of sp³-hybridized carbons (Fsp3) is 0.529. The number of carbonyl (C=O) groups excluding carboxylic acids is 1. The van der Waals surface area contributed by atoms with Gasteiger partial charge in [0.25, 0.3) is 0 Å². The van der Waals surface area contributed by atoms with Gasteiger partial charge in [0.05, 0.1) is 10.9 Å². The van der Waals surface area contributed by atoms with E-state index < -0.39 is 0 Å². The van der Waals surface area contributed by atoms with Crippen LogP contribution in [-0.2, 0) is 4.79 Å². The maximum absolute atomic E-state index is 12.4. The number of hydrogen-bond acceptors (Lipinski definition) is 5. The second kappa shape index (κ2) is 7.34. The zero-order valence-corrected chi connectivity index (χ0v) is 15.1. The van der Waals surface area contributed by atoms with E-state index in [1.165, 1.54) is 24.6 Å². The van der Waals surface area contributed by atoms with Crippen molar-refractivity contribution in [3.63, 3.8) is 0 Å². The van der Waals surface area contributed by atoms with Crippen LogP contribution in [0, 0.1) is 13.8 Å². The molecule has 2 aromatic rings. The van der Waals surface area contributed by atoms with Crippen molar-refractivity contribution < 1.29 is 4.79 Å². The first-order chi connectivity index (χ1) is 11.6. The molecule has 1 aromatic heterocycles. The van der Waals surface area contributed by atoms with E-state index in [2.05, 4.69) is 20.8 Å². The molecule has 24 heavy (non-hydrogen) atoms. The molecule has 1 saturated carbocycles. The first-order valence-electron chi connectivity index (χ1n) is 8.38. The van der Waals surface area contributed by atoms with Crippen molar-refractivity contribution in [2.24, 2.45) is 0 Å². The van der Waals surface area contributed by atoms with E-state index >= 15 is 0 Å². The van der Waals surface area contributed by atoms with Crippen LogP contribution in [0.25, 0.3) is 5.69 Å². The van der Waals surface area contributed by atoms with E-state index in [-0.39, 0.29) is 11.2 Å². The SMILES string of the molecule is Cc1cccc(C)c1-n1nnnc1SC(C)C(=O)NC1CCCC1. The van der Waals surface area contributed by atoms with Crippen LogP contribution in [0.4, 0.5) is 0 Å². The van der Waals surface area contributed by atoms with Crippen molar-refractivity contribution in [2.75, 3.05) is 0 Å². The minimum Gasteiger partial charge on any atom is -0.352 e. The quantitative estimate of drug-likeness (QED) is 0.844. The molecule has 0 aliphatic heterocycles. The van der Waals surface area contributed by atoms with Gasteiger partial charge in [-0.1, -0.05) is 42.8 Å². The number of nitrogens with one attached hydrogen (secondary N) is 1. The largest absolute Gasteiger partial charge is 0.352 e. The third-order valence-electron chi connectivity index (χ3n) is 4.45. The van der Waals surface area contributed by atoms with E-state index in [9.17, 15) is 4.79 Å². The summed E-state index contributed by atoms with van der Waals surface area (Å²) in [6.45, 7) is 5.97. The summed E-state index contributed by atoms with van der Waals surface area (Å²) in [5.41, 5.74) is 3.19. The second-order valence-corrected chi connectivity index (χ2v) is 7.67. The first-order valence-corrected chi connectivity index (χ1v) is 9.26. The van der Waals surface area contributed by atoms with Crippen molar-refractivity contribution >= 4 is 17.7 Å². The van der Waals surface area contributed by atoms with Crippen molar-refractivity contribution in [3.8, 4) is 5.69 Å². The Morgan fingerprint density at radius 3 is 2.62 bits per heavy atom. The van der Waals surface area contributed by atoms with E-state index in [1.54, 1.807) is 4.68 Å². The zero-order chi connectivity index (χ0) is 17.1. The average molecular weight is 345 g/mol. The number of thioether (sulfide) groups is 1. The standard InChI is InChI=1S/C17H23N5OS/c1-11-7-6-8-12(2)15(11)22-17(19-20-21-22)24-13(3)16(23)18-14-9-4-5-10-14/h6-8,13-14H,4-5,9-10H2,1-3H3,(H,18,23). The van der Waals surface area contributed by atoms with Crippen LogP contribution in [0.2, 0.25) is 0 Å². The summed E-state index contributed by atoms with van der Waals surface area (Å²) in [4.78, 5) is 12.4. The van der Waals surface area contributed by atoms with Gasteiger partial charge >= 0.3 is 0 Å². The molecule has 7 heteroatoms. The van der Waals surface area contributed by atoms with E-state index in [4.69, 9.17) is 0 Å². The van der Waals surface area contributed by atoms with Gasteiger partial charge in [-0.15, -0.1) is 5.10 Å². The molecule has 1 amide bonds. The summed E-state index contributed by atoms with van der Waals surface area (Å²) in [6, 6.07) is 6.42. The Labute approximate surface area is 146 Å². The minimum absolute atomic E-state index is 0.0583. The predicted octanol–water partition coefficient (Wildman–Crippen LogP) is 2.82. The monoisotopic (exact) mass is 345 g/mol. The number of amides is 1. The Kier molecular flexibility index (Phi) is 5.18. The van der Waals surface area contributed by atoms with Crippen molar-refractivity contribution in [1.82, 2.24) is 25.5 Å². The third kappa shape index (κ3) is 3.61. The minimum atomic E-state index is -0.236. The molecule has 0 bridgehead atoms. The maximum atomic E-state index is 12.4. The Hall–Kier alpha value is -1.89. The second-order valence-electron chi connectivity index (χ2n) is 6.36. The molecular weight excluding hydrogens is 322 g/mol. The maximum Gasteiger partial charge on any atom is 0.233 e. The number of carbonyl (C=O) groups is 1. The third-order valence-corrected chi connectivity index (χ3v) is 5.48. The first kappa shape index (κ1) is 17.0. The highest BCUT2D eigenvalue weighted by Crippen LogP contribution is 2.26. The van der Waals surface area contributed by atoms with Gasteiger partial charge in [-0.2, -0.15) is 4.68 Å². The Bertz CT molecular complexity index is 703. The number of rotatable bonds is 5. The molecule has 1 aromatic carbocycles. The highest BCUT2D eigenvalue weighted by Gasteiger charge is 2.24. The normalized spacial score (nSPS) is 16.3. The molecular formula is C17H23N5OS. The van der Waals surface area contributed by atoms with Crippen LogP contribution in [0.1, 0.15) is 43.7 Å². The van der Waals surface area contributed by atoms with Crippen LogP contribution < -0.4 is 5.32 Å². The summed E-state index contributed by atoms with van der Waals surface area (Å²) in [7, 11) is 0. The lowest BCUT2D eigenvalue weighted by molar-refractivity contribution is -0.120. The van der Waals surface area contributed by atoms with Crippen LogP contribution in [-0.4, -0.2) is 37.4 Å². The molecule has 1 fully saturated rings. The molecule has 128 valence electrons. The van der Waals surface area contributed by atoms with Crippen molar-refractivity contribution in [1.29, 1.82) is 0 Å². The van der Waals surface area contributed by atoms with Crippen LogP contribution in [0.3, 0.4) is 0 Å². The van der Waals surface area contributed by atoms with E-state index in [1.807, 2.05) is 39.0 Å². The molecule has 1 aliphatic carbocycles. The molecule has 6 nitrogen and oxygen atoms in total. The fourth-order valence-corrected chi connectivity index (χ4v) is 3.94. The van der Waals surface area contributed by atoms with Gasteiger partial charge in [-0.3, -0.25) is 4.79 Å². The van der Waals surface area contributed by atoms with E-state index in [0.29, 0.717) is 11.2 Å². The Morgan fingerprint density at radius 2 is 1.96 bits per heavy atom. The Balaban J connectivity index is 1.74. The lowest BCUT2D eigenvalue weighted by Gasteiger charge is -2.16. The summed E-state index contributed by atoms with van der Waals surface area (Å²) < 4.78 is 1.73. The molecule has 1 heterocycles.